The third-order valence-electron chi connectivity index (χ3n) is 3.88. The number of nitrogens with two attached hydrogens (primary N) is 1. The van der Waals surface area contributed by atoms with Crippen LogP contribution in [0.3, 0.4) is 0 Å². The van der Waals surface area contributed by atoms with Crippen molar-refractivity contribution in [2.24, 2.45) is 5.41 Å². The Morgan fingerprint density at radius 1 is 1.33 bits per heavy atom. The van der Waals surface area contributed by atoms with Gasteiger partial charge in [-0.3, -0.25) is 0 Å². The lowest BCUT2D eigenvalue weighted by molar-refractivity contribution is 0.603. The molecule has 1 aliphatic rings. The normalized spacial score (nSPS) is 25.1. The molecule has 2 aromatic rings. The molecule has 1 heterocycles. The molecule has 2 nitrogen and oxygen atoms in total. The van der Waals surface area contributed by atoms with Gasteiger partial charge in [-0.1, -0.05) is 37.6 Å². The molecular formula is C14H15ClN2S. The van der Waals surface area contributed by atoms with Gasteiger partial charge in [-0.2, -0.15) is 0 Å². The first kappa shape index (κ1) is 12.0. The Hall–Kier alpha value is -1.06. The lowest BCUT2D eigenvalue weighted by Gasteiger charge is -2.02. The van der Waals surface area contributed by atoms with Gasteiger partial charge in [0.2, 0.25) is 0 Å². The molecule has 18 heavy (non-hydrogen) atoms. The maximum atomic E-state index is 6.08. The summed E-state index contributed by atoms with van der Waals surface area (Å²) in [7, 11) is 0. The van der Waals surface area contributed by atoms with E-state index in [0.29, 0.717) is 17.0 Å². The van der Waals surface area contributed by atoms with Gasteiger partial charge in [0.1, 0.15) is 0 Å². The number of halogens is 1. The maximum Gasteiger partial charge on any atom is 0.180 e. The minimum Gasteiger partial charge on any atom is -0.375 e. The maximum absolute atomic E-state index is 6.08. The lowest BCUT2D eigenvalue weighted by Crippen LogP contribution is -1.89. The summed E-state index contributed by atoms with van der Waals surface area (Å²) < 4.78 is 0. The van der Waals surface area contributed by atoms with Gasteiger partial charge in [-0.25, -0.2) is 4.98 Å². The Morgan fingerprint density at radius 2 is 2.11 bits per heavy atom. The molecule has 1 aromatic heterocycles. The quantitative estimate of drug-likeness (QED) is 0.890. The van der Waals surface area contributed by atoms with Gasteiger partial charge in [-0.05, 0) is 29.0 Å². The van der Waals surface area contributed by atoms with Crippen LogP contribution in [0.4, 0.5) is 5.13 Å². The van der Waals surface area contributed by atoms with Crippen LogP contribution < -0.4 is 5.73 Å². The smallest absolute Gasteiger partial charge is 0.180 e. The van der Waals surface area contributed by atoms with E-state index in [4.69, 9.17) is 17.3 Å². The van der Waals surface area contributed by atoms with Crippen molar-refractivity contribution in [3.8, 4) is 0 Å². The van der Waals surface area contributed by atoms with E-state index in [0.717, 1.165) is 5.02 Å². The van der Waals surface area contributed by atoms with Crippen LogP contribution in [0, 0.1) is 5.41 Å². The van der Waals surface area contributed by atoms with Gasteiger partial charge < -0.3 is 5.73 Å². The molecule has 4 heteroatoms. The van der Waals surface area contributed by atoms with E-state index in [1.165, 1.54) is 10.4 Å². The lowest BCUT2D eigenvalue weighted by atomic mass is 10.0. The van der Waals surface area contributed by atoms with Crippen molar-refractivity contribution >= 4 is 28.1 Å². The third-order valence-corrected chi connectivity index (χ3v) is 5.03. The fraction of sp³-hybridized carbons (Fsp3) is 0.357. The fourth-order valence-corrected chi connectivity index (χ4v) is 4.15. The predicted octanol–water partition coefficient (Wildman–Crippen LogP) is 4.29. The number of hydrogen-bond donors (Lipinski definition) is 1. The molecular weight excluding hydrogens is 264 g/mol. The van der Waals surface area contributed by atoms with Gasteiger partial charge in [0.15, 0.2) is 5.13 Å². The number of nitrogen functional groups attached to an aromatic ring is 1. The first-order chi connectivity index (χ1) is 8.50. The summed E-state index contributed by atoms with van der Waals surface area (Å²) in [5.74, 6) is 1.02. The van der Waals surface area contributed by atoms with E-state index in [9.17, 15) is 0 Å². The Balaban J connectivity index is 1.95. The number of nitrogens with zero attached hydrogens (tertiary/aromatic N) is 1. The standard InChI is InChI=1S/C14H15ClN2S/c1-14(2)11(8-4-3-5-9(15)6-8)12(14)10-7-17-13(16)18-10/h3-7,11-12H,1-2H3,(H2,16,17)/t11-,12-/m1/s1. The molecule has 0 bridgehead atoms. The first-order valence-corrected chi connectivity index (χ1v) is 7.16. The number of benzene rings is 1. The number of hydrogen-bond acceptors (Lipinski definition) is 3. The molecule has 0 amide bonds. The van der Waals surface area contributed by atoms with Crippen LogP contribution in [0.2, 0.25) is 5.02 Å². The van der Waals surface area contributed by atoms with E-state index in [1.807, 2.05) is 18.3 Å². The number of rotatable bonds is 2. The molecule has 0 aliphatic heterocycles. The van der Waals surface area contributed by atoms with Gasteiger partial charge in [0.05, 0.1) is 0 Å². The molecule has 1 aromatic carbocycles. The molecule has 0 saturated heterocycles. The van der Waals surface area contributed by atoms with Gasteiger partial charge in [0, 0.05) is 22.0 Å². The van der Waals surface area contributed by atoms with Crippen LogP contribution in [-0.4, -0.2) is 4.98 Å². The second kappa shape index (κ2) is 3.97. The average Bonchev–Trinajstić information content (AvgIpc) is 2.65. The topological polar surface area (TPSA) is 38.9 Å². The number of anilines is 1. The van der Waals surface area contributed by atoms with Crippen molar-refractivity contribution in [2.75, 3.05) is 5.73 Å². The molecule has 0 unspecified atom stereocenters. The van der Waals surface area contributed by atoms with E-state index in [-0.39, 0.29) is 5.41 Å². The molecule has 94 valence electrons. The summed E-state index contributed by atoms with van der Waals surface area (Å²) in [5.41, 5.74) is 7.29. The Morgan fingerprint density at radius 3 is 2.72 bits per heavy atom. The van der Waals surface area contributed by atoms with Crippen molar-refractivity contribution in [2.45, 2.75) is 25.7 Å². The highest BCUT2D eigenvalue weighted by molar-refractivity contribution is 7.15. The summed E-state index contributed by atoms with van der Waals surface area (Å²) >= 11 is 7.67. The third kappa shape index (κ3) is 1.82. The molecule has 1 aliphatic carbocycles. The molecule has 0 spiro atoms. The fourth-order valence-electron chi connectivity index (χ4n) is 2.94. The zero-order valence-corrected chi connectivity index (χ0v) is 11.9. The van der Waals surface area contributed by atoms with Crippen molar-refractivity contribution in [1.82, 2.24) is 4.98 Å². The van der Waals surface area contributed by atoms with Gasteiger partial charge in [-0.15, -0.1) is 11.3 Å². The van der Waals surface area contributed by atoms with E-state index in [1.54, 1.807) is 11.3 Å². The predicted molar refractivity (Wildman–Crippen MR) is 77.2 cm³/mol. The minimum absolute atomic E-state index is 0.254. The van der Waals surface area contributed by atoms with E-state index in [2.05, 4.69) is 31.0 Å². The summed E-state index contributed by atoms with van der Waals surface area (Å²) in [6.07, 6.45) is 1.91. The summed E-state index contributed by atoms with van der Waals surface area (Å²) in [5, 5.41) is 1.45. The van der Waals surface area contributed by atoms with Crippen LogP contribution in [0.5, 0.6) is 0 Å². The van der Waals surface area contributed by atoms with Gasteiger partial charge in [0.25, 0.3) is 0 Å². The molecule has 0 radical (unpaired) electrons. The van der Waals surface area contributed by atoms with Gasteiger partial charge >= 0.3 is 0 Å². The first-order valence-electron chi connectivity index (χ1n) is 5.97. The molecule has 1 saturated carbocycles. The Kier molecular flexibility index (Phi) is 2.65. The zero-order chi connectivity index (χ0) is 12.9. The Bertz CT molecular complexity index is 591. The SMILES string of the molecule is CC1(C)[C@H](c2cccc(Cl)c2)[C@H]1c1cnc(N)s1. The van der Waals surface area contributed by atoms with Crippen LogP contribution in [-0.2, 0) is 0 Å². The van der Waals surface area contributed by atoms with Crippen LogP contribution >= 0.6 is 22.9 Å². The van der Waals surface area contributed by atoms with Crippen molar-refractivity contribution in [3.63, 3.8) is 0 Å². The number of thiazole rings is 1. The summed E-state index contributed by atoms with van der Waals surface area (Å²) in [4.78, 5) is 5.44. The van der Waals surface area contributed by atoms with Crippen molar-refractivity contribution in [3.05, 3.63) is 45.9 Å². The van der Waals surface area contributed by atoms with Crippen LogP contribution in [0.25, 0.3) is 0 Å². The summed E-state index contributed by atoms with van der Waals surface area (Å²) in [6.45, 7) is 4.58. The monoisotopic (exact) mass is 278 g/mol. The second-order valence-corrected chi connectivity index (χ2v) is 6.96. The second-order valence-electron chi connectivity index (χ2n) is 5.43. The van der Waals surface area contributed by atoms with Crippen molar-refractivity contribution < 1.29 is 0 Å². The number of aromatic nitrogens is 1. The highest BCUT2D eigenvalue weighted by Crippen LogP contribution is 2.70. The zero-order valence-electron chi connectivity index (χ0n) is 10.4. The highest BCUT2D eigenvalue weighted by atomic mass is 35.5. The van der Waals surface area contributed by atoms with E-state index >= 15 is 0 Å². The van der Waals surface area contributed by atoms with E-state index < -0.39 is 0 Å². The average molecular weight is 279 g/mol. The highest BCUT2D eigenvalue weighted by Gasteiger charge is 2.59. The minimum atomic E-state index is 0.254. The van der Waals surface area contributed by atoms with Crippen LogP contribution in [0.15, 0.2) is 30.5 Å². The molecule has 2 N–H and O–H groups in total. The molecule has 3 rings (SSSR count). The summed E-state index contributed by atoms with van der Waals surface area (Å²) in [6, 6.07) is 8.16. The van der Waals surface area contributed by atoms with Crippen molar-refractivity contribution in [1.29, 1.82) is 0 Å². The van der Waals surface area contributed by atoms with Crippen LogP contribution in [0.1, 0.15) is 36.1 Å². The molecule has 2 atom stereocenters. The largest absolute Gasteiger partial charge is 0.375 e. The Labute approximate surface area is 116 Å². The molecule has 1 fully saturated rings.